The van der Waals surface area contributed by atoms with Crippen molar-refractivity contribution in [1.82, 2.24) is 19.6 Å². The number of aryl methyl sites for hydroxylation is 1. The van der Waals surface area contributed by atoms with Gasteiger partial charge in [-0.15, -0.1) is 11.3 Å². The van der Waals surface area contributed by atoms with E-state index in [1.165, 1.54) is 6.92 Å². The van der Waals surface area contributed by atoms with Crippen molar-refractivity contribution in [2.24, 2.45) is 0 Å². The smallest absolute Gasteiger partial charge is 0.341 e. The van der Waals surface area contributed by atoms with E-state index < -0.39 is 11.9 Å². The highest BCUT2D eigenvalue weighted by molar-refractivity contribution is 7.18. The highest BCUT2D eigenvalue weighted by Gasteiger charge is 2.26. The number of aromatic nitrogens is 4. The quantitative estimate of drug-likeness (QED) is 0.421. The molecule has 0 atom stereocenters. The predicted octanol–water partition coefficient (Wildman–Crippen LogP) is 3.86. The Hall–Kier alpha value is -2.98. The monoisotopic (exact) mass is 463 g/mol. The number of esters is 1. The Morgan fingerprint density at radius 2 is 1.94 bits per heavy atom. The van der Waals surface area contributed by atoms with Gasteiger partial charge < -0.3 is 10.1 Å². The lowest BCUT2D eigenvalue weighted by molar-refractivity contribution is 0.0527. The second-order valence-corrected chi connectivity index (χ2v) is 8.26. The van der Waals surface area contributed by atoms with Gasteiger partial charge in [-0.2, -0.15) is 10.2 Å². The number of hydrogen-bond donors (Lipinski definition) is 1. The number of carbonyl (C=O) groups excluding carboxylic acids is 3. The number of nitrogens with zero attached hydrogens (tertiary/aromatic N) is 4. The Morgan fingerprint density at radius 1 is 1.23 bits per heavy atom. The van der Waals surface area contributed by atoms with E-state index in [0.29, 0.717) is 21.2 Å². The Labute approximate surface area is 188 Å². The molecule has 1 amide bonds. The van der Waals surface area contributed by atoms with Gasteiger partial charge in [-0.3, -0.25) is 14.3 Å². The van der Waals surface area contributed by atoms with Crippen LogP contribution in [0.2, 0.25) is 5.02 Å². The summed E-state index contributed by atoms with van der Waals surface area (Å²) in [5, 5.41) is 12.2. The highest BCUT2D eigenvalue weighted by Crippen LogP contribution is 2.34. The molecule has 0 aliphatic rings. The zero-order chi connectivity index (χ0) is 22.9. The number of rotatable bonds is 7. The summed E-state index contributed by atoms with van der Waals surface area (Å²) in [6, 6.07) is 1.55. The number of ether oxygens (including phenoxy) is 1. The molecular weight excluding hydrogens is 442 g/mol. The van der Waals surface area contributed by atoms with Crippen LogP contribution in [0.15, 0.2) is 12.3 Å². The fraction of sp³-hybridized carbons (Fsp3) is 0.350. The van der Waals surface area contributed by atoms with Crippen LogP contribution in [0.25, 0.3) is 0 Å². The largest absolute Gasteiger partial charge is 0.462 e. The number of thiophene rings is 1. The van der Waals surface area contributed by atoms with Crippen molar-refractivity contribution < 1.29 is 19.1 Å². The third-order valence-corrected chi connectivity index (χ3v) is 6.47. The zero-order valence-corrected chi connectivity index (χ0v) is 19.3. The topological polar surface area (TPSA) is 108 Å². The van der Waals surface area contributed by atoms with E-state index in [1.807, 2.05) is 13.8 Å². The Bertz CT molecular complexity index is 1180. The first-order chi connectivity index (χ1) is 14.6. The summed E-state index contributed by atoms with van der Waals surface area (Å²) in [6.45, 7) is 8.88. The van der Waals surface area contributed by atoms with E-state index in [1.54, 1.807) is 35.5 Å². The second-order valence-electron chi connectivity index (χ2n) is 6.86. The van der Waals surface area contributed by atoms with Crippen molar-refractivity contribution >= 4 is 45.6 Å². The summed E-state index contributed by atoms with van der Waals surface area (Å²) < 4.78 is 8.33. The number of Topliss-reactive ketones (excluding diaryl/α,β-unsaturated/α-hetero) is 1. The van der Waals surface area contributed by atoms with Gasteiger partial charge in [-0.1, -0.05) is 11.6 Å². The first-order valence-corrected chi connectivity index (χ1v) is 10.7. The van der Waals surface area contributed by atoms with E-state index >= 15 is 0 Å². The third-order valence-electron chi connectivity index (χ3n) is 4.62. The van der Waals surface area contributed by atoms with Crippen molar-refractivity contribution in [2.45, 2.75) is 41.3 Å². The molecule has 1 N–H and O–H groups in total. The van der Waals surface area contributed by atoms with E-state index in [9.17, 15) is 14.4 Å². The van der Waals surface area contributed by atoms with Gasteiger partial charge in [0.25, 0.3) is 5.91 Å². The van der Waals surface area contributed by atoms with Crippen molar-refractivity contribution in [3.63, 3.8) is 0 Å². The Kier molecular flexibility index (Phi) is 6.61. The fourth-order valence-corrected chi connectivity index (χ4v) is 4.29. The maximum atomic E-state index is 12.8. The molecule has 164 valence electrons. The molecule has 3 heterocycles. The predicted molar refractivity (Wildman–Crippen MR) is 117 cm³/mol. The van der Waals surface area contributed by atoms with Crippen molar-refractivity contribution in [2.75, 3.05) is 11.9 Å². The summed E-state index contributed by atoms with van der Waals surface area (Å²) in [5.41, 5.74) is 2.33. The van der Waals surface area contributed by atoms with E-state index in [4.69, 9.17) is 16.3 Å². The van der Waals surface area contributed by atoms with Gasteiger partial charge >= 0.3 is 5.97 Å². The summed E-state index contributed by atoms with van der Waals surface area (Å²) in [6.07, 6.45) is 1.65. The molecule has 0 radical (unpaired) electrons. The Balaban J connectivity index is 1.83. The van der Waals surface area contributed by atoms with Gasteiger partial charge in [0.15, 0.2) is 11.5 Å². The molecule has 0 unspecified atom stereocenters. The molecule has 0 saturated heterocycles. The molecular formula is C20H22ClN5O4S. The molecule has 0 aromatic carbocycles. The highest BCUT2D eigenvalue weighted by atomic mass is 35.5. The van der Waals surface area contributed by atoms with Crippen LogP contribution in [0.5, 0.6) is 0 Å². The number of halogens is 1. The first-order valence-electron chi connectivity index (χ1n) is 9.49. The van der Waals surface area contributed by atoms with Crippen LogP contribution in [0, 0.1) is 20.8 Å². The van der Waals surface area contributed by atoms with E-state index in [0.717, 1.165) is 17.0 Å². The van der Waals surface area contributed by atoms with Crippen LogP contribution in [0.3, 0.4) is 0 Å². The van der Waals surface area contributed by atoms with Gasteiger partial charge in [0.05, 0.1) is 33.5 Å². The average molecular weight is 464 g/mol. The van der Waals surface area contributed by atoms with Crippen LogP contribution in [-0.4, -0.2) is 43.8 Å². The molecule has 0 aliphatic carbocycles. The van der Waals surface area contributed by atoms with Crippen LogP contribution >= 0.6 is 22.9 Å². The number of hydrogen-bond acceptors (Lipinski definition) is 7. The number of ketones is 1. The molecule has 11 heteroatoms. The molecule has 0 bridgehead atoms. The van der Waals surface area contributed by atoms with Gasteiger partial charge in [0.2, 0.25) is 0 Å². The molecule has 0 saturated carbocycles. The average Bonchev–Trinajstić information content (AvgIpc) is 3.36. The lowest BCUT2D eigenvalue weighted by atomic mass is 10.1. The lowest BCUT2D eigenvalue weighted by Crippen LogP contribution is -2.17. The first kappa shape index (κ1) is 22.7. The van der Waals surface area contributed by atoms with Crippen LogP contribution in [0.1, 0.15) is 61.3 Å². The minimum absolute atomic E-state index is 0.151. The molecule has 31 heavy (non-hydrogen) atoms. The normalized spacial score (nSPS) is 10.9. The number of anilines is 1. The number of nitrogens with one attached hydrogen (secondary N) is 1. The fourth-order valence-electron chi connectivity index (χ4n) is 3.07. The summed E-state index contributed by atoms with van der Waals surface area (Å²) in [4.78, 5) is 37.5. The molecule has 3 aromatic heterocycles. The van der Waals surface area contributed by atoms with Gasteiger partial charge in [0.1, 0.15) is 11.7 Å². The molecule has 0 aliphatic heterocycles. The zero-order valence-electron chi connectivity index (χ0n) is 17.8. The molecule has 3 rings (SSSR count). The summed E-state index contributed by atoms with van der Waals surface area (Å²) in [5.74, 6) is -1.29. The minimum Gasteiger partial charge on any atom is -0.462 e. The van der Waals surface area contributed by atoms with Crippen molar-refractivity contribution in [1.29, 1.82) is 0 Å². The molecule has 0 fully saturated rings. The summed E-state index contributed by atoms with van der Waals surface area (Å²) in [7, 11) is 0. The SMILES string of the molecule is CCOC(=O)c1c(NC(=O)c2ccn(Cn3nc(C)c(Cl)c3C)n2)sc(C(C)=O)c1C. The maximum absolute atomic E-state index is 12.8. The van der Waals surface area contributed by atoms with Crippen LogP contribution < -0.4 is 5.32 Å². The van der Waals surface area contributed by atoms with Crippen LogP contribution in [-0.2, 0) is 11.4 Å². The number of carbonyl (C=O) groups is 3. The van der Waals surface area contributed by atoms with Crippen molar-refractivity contribution in [3.8, 4) is 0 Å². The molecule has 3 aromatic rings. The molecule has 9 nitrogen and oxygen atoms in total. The second kappa shape index (κ2) is 9.03. The van der Waals surface area contributed by atoms with Crippen molar-refractivity contribution in [3.05, 3.63) is 50.4 Å². The van der Waals surface area contributed by atoms with Gasteiger partial charge in [0, 0.05) is 6.20 Å². The van der Waals surface area contributed by atoms with E-state index in [-0.39, 0.29) is 35.3 Å². The number of amides is 1. The third kappa shape index (κ3) is 4.54. The molecule has 0 spiro atoms. The minimum atomic E-state index is -0.592. The van der Waals surface area contributed by atoms with Gasteiger partial charge in [-0.25, -0.2) is 9.48 Å². The van der Waals surface area contributed by atoms with E-state index in [2.05, 4.69) is 15.5 Å². The lowest BCUT2D eigenvalue weighted by Gasteiger charge is -2.06. The maximum Gasteiger partial charge on any atom is 0.341 e. The van der Waals surface area contributed by atoms with Gasteiger partial charge in [-0.05, 0) is 46.2 Å². The summed E-state index contributed by atoms with van der Waals surface area (Å²) >= 11 is 7.21. The Morgan fingerprint density at radius 3 is 2.52 bits per heavy atom. The standard InChI is InChI=1S/C20H22ClN5O4S/c1-6-30-20(29)15-10(2)17(13(5)27)31-19(15)22-18(28)14-7-8-25(24-14)9-26-12(4)16(21)11(3)23-26/h7-8H,6,9H2,1-5H3,(H,22,28). The van der Waals surface area contributed by atoms with Crippen LogP contribution in [0.4, 0.5) is 5.00 Å².